The van der Waals surface area contributed by atoms with Crippen LogP contribution < -0.4 is 0 Å². The van der Waals surface area contributed by atoms with Crippen molar-refractivity contribution >= 4 is 58.8 Å². The van der Waals surface area contributed by atoms with E-state index >= 15 is 0 Å². The monoisotopic (exact) mass is 568 g/mol. The van der Waals surface area contributed by atoms with Gasteiger partial charge in [-0.25, -0.2) is 31.9 Å². The second-order valence-corrected chi connectivity index (χ2v) is 8.03. The van der Waals surface area contributed by atoms with Gasteiger partial charge in [0.1, 0.15) is 0 Å². The maximum atomic E-state index is 14.7. The zero-order valence-electron chi connectivity index (χ0n) is 18.4. The van der Waals surface area contributed by atoms with Gasteiger partial charge < -0.3 is 9.97 Å². The Morgan fingerprint density at radius 1 is 0.514 bits per heavy atom. The molecule has 0 saturated heterocycles. The van der Waals surface area contributed by atoms with Crippen LogP contribution in [-0.2, 0) is 17.1 Å². The van der Waals surface area contributed by atoms with E-state index in [1.165, 1.54) is 12.1 Å². The Hall–Kier alpha value is -3.72. The average Bonchev–Trinajstić information content (AvgIpc) is 3.62. The Morgan fingerprint density at radius 3 is 1.46 bits per heavy atom. The Balaban J connectivity index is 0.00000160. The number of fused-ring (bicyclic) bond motifs is 8. The average molecular weight is 569 g/mol. The van der Waals surface area contributed by atoms with Gasteiger partial charge in [0.25, 0.3) is 0 Å². The van der Waals surface area contributed by atoms with Gasteiger partial charge in [0, 0.05) is 44.7 Å². The molecule has 3 aromatic heterocycles. The maximum absolute atomic E-state index is 14.7. The van der Waals surface area contributed by atoms with Crippen LogP contribution in [0, 0.1) is 29.1 Å². The fourth-order valence-electron chi connectivity index (χ4n) is 4.07. The Labute approximate surface area is 222 Å². The molecule has 2 aliphatic rings. The van der Waals surface area contributed by atoms with Crippen LogP contribution in [0.2, 0.25) is 0 Å². The van der Waals surface area contributed by atoms with Crippen LogP contribution in [0.3, 0.4) is 0 Å². The summed E-state index contributed by atoms with van der Waals surface area (Å²) in [6.45, 7) is 0. The first-order valence-electron chi connectivity index (χ1n) is 10.5. The summed E-state index contributed by atoms with van der Waals surface area (Å²) in [7, 11) is 0. The molecule has 4 aromatic rings. The van der Waals surface area contributed by atoms with Gasteiger partial charge in [-0.3, -0.25) is 0 Å². The summed E-state index contributed by atoms with van der Waals surface area (Å²) < 4.78 is 70.9. The van der Waals surface area contributed by atoms with Gasteiger partial charge in [-0.2, -0.15) is 0 Å². The molecule has 2 N–H and O–H groups in total. The third kappa shape index (κ3) is 4.71. The fourth-order valence-corrected chi connectivity index (χ4v) is 4.07. The van der Waals surface area contributed by atoms with E-state index in [0.717, 1.165) is 11.0 Å². The molecule has 4 nitrogen and oxygen atoms in total. The summed E-state index contributed by atoms with van der Waals surface area (Å²) in [6.07, 6.45) is 6.95. The third-order valence-electron chi connectivity index (χ3n) is 5.65. The topological polar surface area (TPSA) is 57.4 Å². The van der Waals surface area contributed by atoms with E-state index in [-0.39, 0.29) is 40.6 Å². The minimum absolute atomic E-state index is 0. The van der Waals surface area contributed by atoms with Crippen molar-refractivity contribution < 1.29 is 39.0 Å². The normalized spacial score (nSPS) is 11.8. The third-order valence-corrected chi connectivity index (χ3v) is 5.65. The van der Waals surface area contributed by atoms with Crippen LogP contribution in [0.25, 0.3) is 57.5 Å². The molecule has 0 atom stereocenters. The van der Waals surface area contributed by atoms with E-state index in [4.69, 9.17) is 0 Å². The van der Waals surface area contributed by atoms with Gasteiger partial charge in [0.2, 0.25) is 5.82 Å². The fraction of sp³-hybridized carbons (Fsp3) is 0. The molecule has 2 aliphatic heterocycles. The quantitative estimate of drug-likeness (QED) is 0.0938. The van der Waals surface area contributed by atoms with Crippen molar-refractivity contribution in [2.45, 2.75) is 0 Å². The number of nitrogens with one attached hydrogen (secondary N) is 2. The molecule has 37 heavy (non-hydrogen) atoms. The van der Waals surface area contributed by atoms with Gasteiger partial charge in [-0.1, -0.05) is 0 Å². The summed E-state index contributed by atoms with van der Waals surface area (Å²) in [4.78, 5) is 15.2. The zero-order valence-corrected chi connectivity index (χ0v) is 20.3. The summed E-state index contributed by atoms with van der Waals surface area (Å²) >= 11 is 0. The minimum Gasteiger partial charge on any atom is -0.355 e. The van der Waals surface area contributed by atoms with E-state index in [2.05, 4.69) is 19.9 Å². The van der Waals surface area contributed by atoms with Crippen molar-refractivity contribution in [3.63, 3.8) is 0 Å². The number of H-pyrrole nitrogens is 2. The number of aromatic amines is 2. The predicted octanol–water partition coefficient (Wildman–Crippen LogP) is 7.44. The van der Waals surface area contributed by atoms with Crippen LogP contribution in [0.4, 0.5) is 22.0 Å². The van der Waals surface area contributed by atoms with Gasteiger partial charge in [-0.05, 0) is 66.8 Å². The predicted molar refractivity (Wildman–Crippen MR) is 131 cm³/mol. The number of benzene rings is 1. The largest absolute Gasteiger partial charge is 0.355 e. The van der Waals surface area contributed by atoms with Crippen molar-refractivity contribution in [2.24, 2.45) is 0 Å². The first-order chi connectivity index (χ1) is 16.9. The molecule has 1 aromatic carbocycles. The number of hydrogen-bond acceptors (Lipinski definition) is 2. The summed E-state index contributed by atoms with van der Waals surface area (Å²) in [5.74, 6) is -10.1. The van der Waals surface area contributed by atoms with Crippen molar-refractivity contribution in [1.82, 2.24) is 19.9 Å². The standard InChI is InChI=1S/C26H13F5N4.ClH.Fe/c27-22-21(23(28)25(30)26(31)24(22)29)19-10-18-9-16-4-3-14(33-16)7-12-1-2-13(32-12)8-15-5-6-17(34-15)11-20(19)35-18;;/h1-11,32,35H;1H;. The molecule has 5 heterocycles. The molecule has 0 amide bonds. The molecule has 0 unspecified atom stereocenters. The van der Waals surface area contributed by atoms with Crippen molar-refractivity contribution in [3.05, 3.63) is 94.3 Å². The second kappa shape index (κ2) is 9.97. The van der Waals surface area contributed by atoms with Gasteiger partial charge in [-0.15, -0.1) is 12.4 Å². The number of aromatic nitrogens is 4. The number of nitrogens with zero attached hydrogens (tertiary/aromatic N) is 2. The minimum atomic E-state index is -2.21. The van der Waals surface area contributed by atoms with Crippen molar-refractivity contribution in [1.29, 1.82) is 0 Å². The zero-order chi connectivity index (χ0) is 24.3. The molecular weight excluding hydrogens is 555 g/mol. The molecule has 6 rings (SSSR count). The van der Waals surface area contributed by atoms with Gasteiger partial charge in [0.15, 0.2) is 23.3 Å². The number of hydrogen-bond donors (Lipinski definition) is 2. The van der Waals surface area contributed by atoms with Crippen molar-refractivity contribution in [2.75, 3.05) is 0 Å². The molecular formula is C26H14ClF5FeN4. The molecule has 0 saturated carbocycles. The second-order valence-electron chi connectivity index (χ2n) is 8.03. The molecule has 0 spiro atoms. The smallest absolute Gasteiger partial charge is 0.200 e. The van der Waals surface area contributed by atoms with Crippen LogP contribution in [-0.4, -0.2) is 19.9 Å². The van der Waals surface area contributed by atoms with Crippen molar-refractivity contribution in [3.8, 4) is 11.1 Å². The van der Waals surface area contributed by atoms with E-state index in [1.807, 2.05) is 24.3 Å². The molecule has 0 radical (unpaired) electrons. The summed E-state index contributed by atoms with van der Waals surface area (Å²) in [6, 6.07) is 11.8. The molecule has 0 fully saturated rings. The SMILES string of the molecule is Cl.Fc1c(F)c(F)c(-c2cc3cc4nc(cc5ccc(cc6nc(cc2[nH]3)C=C6)[nH]5)C=C4)c(F)c1F.[Fe]. The molecule has 0 aliphatic carbocycles. The van der Waals surface area contributed by atoms with E-state index in [9.17, 15) is 22.0 Å². The summed E-state index contributed by atoms with van der Waals surface area (Å²) in [5.41, 5.74) is 3.13. The van der Waals surface area contributed by atoms with Crippen LogP contribution in [0.5, 0.6) is 0 Å². The number of rotatable bonds is 1. The van der Waals surface area contributed by atoms with E-state index < -0.39 is 34.6 Å². The van der Waals surface area contributed by atoms with Gasteiger partial charge in [0.05, 0.1) is 28.3 Å². The van der Waals surface area contributed by atoms with E-state index in [1.54, 1.807) is 30.4 Å². The van der Waals surface area contributed by atoms with Gasteiger partial charge >= 0.3 is 0 Å². The first-order valence-corrected chi connectivity index (χ1v) is 10.5. The summed E-state index contributed by atoms with van der Waals surface area (Å²) in [5, 5.41) is 0. The molecule has 11 heteroatoms. The van der Waals surface area contributed by atoms with E-state index in [0.29, 0.717) is 28.3 Å². The van der Waals surface area contributed by atoms with Crippen LogP contribution in [0.15, 0.2) is 42.5 Å². The number of halogens is 6. The Morgan fingerprint density at radius 2 is 0.946 bits per heavy atom. The van der Waals surface area contributed by atoms with Crippen LogP contribution in [0.1, 0.15) is 22.8 Å². The Kier molecular flexibility index (Phi) is 7.10. The molecule has 8 bridgehead atoms. The Bertz CT molecular complexity index is 1750. The first kappa shape index (κ1) is 26.3. The maximum Gasteiger partial charge on any atom is 0.200 e. The molecule has 188 valence electrons. The van der Waals surface area contributed by atoms with Crippen LogP contribution >= 0.6 is 12.4 Å².